The molecular formula is C16H18FIN2O. The van der Waals surface area contributed by atoms with Crippen molar-refractivity contribution in [3.05, 3.63) is 63.0 Å². The first-order valence-electron chi connectivity index (χ1n) is 6.80. The number of rotatable bonds is 6. The average Bonchev–Trinajstić information content (AvgIpc) is 2.49. The summed E-state index contributed by atoms with van der Waals surface area (Å²) < 4.78 is 19.9. The Bertz CT molecular complexity index is 607. The molecule has 3 nitrogen and oxygen atoms in total. The summed E-state index contributed by atoms with van der Waals surface area (Å²) in [6, 6.07) is 12.2. The number of hydrazine groups is 1. The number of para-hydroxylation sites is 1. The van der Waals surface area contributed by atoms with Gasteiger partial charge in [-0.15, -0.1) is 0 Å². The number of halogens is 2. The van der Waals surface area contributed by atoms with Crippen LogP contribution >= 0.6 is 22.6 Å². The van der Waals surface area contributed by atoms with Gasteiger partial charge in [0.1, 0.15) is 11.6 Å². The van der Waals surface area contributed by atoms with E-state index in [0.717, 1.165) is 26.9 Å². The maximum Gasteiger partial charge on any atom is 0.124 e. The third-order valence-corrected chi connectivity index (χ3v) is 4.07. The van der Waals surface area contributed by atoms with Gasteiger partial charge in [0.2, 0.25) is 0 Å². The minimum absolute atomic E-state index is 0.245. The van der Waals surface area contributed by atoms with E-state index in [4.69, 9.17) is 10.6 Å². The summed E-state index contributed by atoms with van der Waals surface area (Å²) >= 11 is 2.12. The molecule has 0 bridgehead atoms. The second kappa shape index (κ2) is 7.72. The predicted octanol–water partition coefficient (Wildman–Crippen LogP) is 3.77. The fourth-order valence-corrected chi connectivity index (χ4v) is 2.93. The minimum atomic E-state index is -0.255. The Hall–Kier alpha value is -1.18. The lowest BCUT2D eigenvalue weighted by molar-refractivity contribution is 0.311. The molecule has 0 aliphatic rings. The molecule has 1 unspecified atom stereocenters. The van der Waals surface area contributed by atoms with E-state index in [1.165, 1.54) is 12.1 Å². The van der Waals surface area contributed by atoms with Crippen molar-refractivity contribution in [2.75, 3.05) is 6.61 Å². The summed E-state index contributed by atoms with van der Waals surface area (Å²) in [7, 11) is 0. The molecular weight excluding hydrogens is 382 g/mol. The maximum absolute atomic E-state index is 13.3. The van der Waals surface area contributed by atoms with E-state index in [1.807, 2.05) is 24.3 Å². The van der Waals surface area contributed by atoms with Crippen LogP contribution in [0.5, 0.6) is 5.75 Å². The Morgan fingerprint density at radius 3 is 2.67 bits per heavy atom. The zero-order chi connectivity index (χ0) is 15.2. The van der Waals surface area contributed by atoms with Gasteiger partial charge in [-0.25, -0.2) is 9.82 Å². The van der Waals surface area contributed by atoms with Crippen LogP contribution in [0.25, 0.3) is 0 Å². The van der Waals surface area contributed by atoms with Gasteiger partial charge in [-0.1, -0.05) is 31.2 Å². The smallest absolute Gasteiger partial charge is 0.124 e. The molecule has 1 atom stereocenters. The predicted molar refractivity (Wildman–Crippen MR) is 90.5 cm³/mol. The molecule has 0 heterocycles. The van der Waals surface area contributed by atoms with Crippen LogP contribution in [-0.4, -0.2) is 6.61 Å². The highest BCUT2D eigenvalue weighted by molar-refractivity contribution is 14.1. The third kappa shape index (κ3) is 3.93. The van der Waals surface area contributed by atoms with Gasteiger partial charge in [-0.2, -0.15) is 0 Å². The number of ether oxygens (including phenoxy) is 1. The zero-order valence-electron chi connectivity index (χ0n) is 11.8. The third-order valence-electron chi connectivity index (χ3n) is 3.13. The molecule has 0 saturated heterocycles. The summed E-state index contributed by atoms with van der Waals surface area (Å²) in [6.07, 6.45) is 0.934. The van der Waals surface area contributed by atoms with Gasteiger partial charge < -0.3 is 4.74 Å². The Morgan fingerprint density at radius 2 is 2.00 bits per heavy atom. The van der Waals surface area contributed by atoms with Crippen molar-refractivity contribution < 1.29 is 9.13 Å². The van der Waals surface area contributed by atoms with Crippen LogP contribution in [0.1, 0.15) is 30.5 Å². The highest BCUT2D eigenvalue weighted by atomic mass is 127. The molecule has 0 aliphatic heterocycles. The lowest BCUT2D eigenvalue weighted by Gasteiger charge is -2.21. The van der Waals surface area contributed by atoms with E-state index in [2.05, 4.69) is 34.9 Å². The average molecular weight is 400 g/mol. The molecule has 0 amide bonds. The minimum Gasteiger partial charge on any atom is -0.493 e. The Morgan fingerprint density at radius 1 is 1.24 bits per heavy atom. The second-order valence-electron chi connectivity index (χ2n) is 4.65. The number of hydrogen-bond donors (Lipinski definition) is 2. The molecule has 0 aliphatic carbocycles. The standard InChI is InChI=1S/C16H18FIN2O/c1-2-9-21-15-6-4-3-5-13(15)16(20-19)12-8-7-11(17)10-14(12)18/h3-8,10,16,20H,2,9,19H2,1H3. The largest absolute Gasteiger partial charge is 0.493 e. The van der Waals surface area contributed by atoms with Crippen molar-refractivity contribution in [3.8, 4) is 5.75 Å². The van der Waals surface area contributed by atoms with Gasteiger partial charge in [0.15, 0.2) is 0 Å². The van der Waals surface area contributed by atoms with Gasteiger partial charge in [0.25, 0.3) is 0 Å². The number of nitrogens with one attached hydrogen (secondary N) is 1. The Labute approximate surface area is 137 Å². The van der Waals surface area contributed by atoms with Crippen LogP contribution in [0.3, 0.4) is 0 Å². The molecule has 5 heteroatoms. The zero-order valence-corrected chi connectivity index (χ0v) is 13.9. The Kier molecular flexibility index (Phi) is 5.96. The van der Waals surface area contributed by atoms with Gasteiger partial charge in [0, 0.05) is 9.13 Å². The summed E-state index contributed by atoms with van der Waals surface area (Å²) in [5.41, 5.74) is 4.67. The first-order valence-corrected chi connectivity index (χ1v) is 7.88. The summed E-state index contributed by atoms with van der Waals surface area (Å²) in [5, 5.41) is 0. The van der Waals surface area contributed by atoms with E-state index >= 15 is 0 Å². The molecule has 0 radical (unpaired) electrons. The molecule has 2 aromatic carbocycles. The van der Waals surface area contributed by atoms with Crippen LogP contribution < -0.4 is 16.0 Å². The lowest BCUT2D eigenvalue weighted by atomic mass is 9.98. The van der Waals surface area contributed by atoms with Gasteiger partial charge in [-0.3, -0.25) is 5.84 Å². The monoisotopic (exact) mass is 400 g/mol. The van der Waals surface area contributed by atoms with E-state index in [1.54, 1.807) is 6.07 Å². The quantitative estimate of drug-likeness (QED) is 0.441. The van der Waals surface area contributed by atoms with E-state index in [-0.39, 0.29) is 11.9 Å². The molecule has 2 rings (SSSR count). The normalized spacial score (nSPS) is 12.2. The number of nitrogens with two attached hydrogens (primary N) is 1. The van der Waals surface area contributed by atoms with Crippen LogP contribution in [0.15, 0.2) is 42.5 Å². The number of hydrogen-bond acceptors (Lipinski definition) is 3. The van der Waals surface area contributed by atoms with Crippen LogP contribution in [0, 0.1) is 9.39 Å². The van der Waals surface area contributed by atoms with Crippen LogP contribution in [0.2, 0.25) is 0 Å². The first-order chi connectivity index (χ1) is 10.2. The molecule has 0 saturated carbocycles. The van der Waals surface area contributed by atoms with Crippen molar-refractivity contribution >= 4 is 22.6 Å². The fraction of sp³-hybridized carbons (Fsp3) is 0.250. The van der Waals surface area contributed by atoms with Crippen LogP contribution in [0.4, 0.5) is 4.39 Å². The topological polar surface area (TPSA) is 47.3 Å². The highest BCUT2D eigenvalue weighted by Crippen LogP contribution is 2.32. The molecule has 3 N–H and O–H groups in total. The Balaban J connectivity index is 2.41. The number of benzene rings is 2. The van der Waals surface area contributed by atoms with Crippen molar-refractivity contribution in [2.45, 2.75) is 19.4 Å². The lowest BCUT2D eigenvalue weighted by Crippen LogP contribution is -2.30. The fourth-order valence-electron chi connectivity index (χ4n) is 2.15. The van der Waals surface area contributed by atoms with E-state index < -0.39 is 0 Å². The van der Waals surface area contributed by atoms with E-state index in [9.17, 15) is 4.39 Å². The molecule has 0 aromatic heterocycles. The van der Waals surface area contributed by atoms with Crippen molar-refractivity contribution in [2.24, 2.45) is 5.84 Å². The first kappa shape index (κ1) is 16.2. The van der Waals surface area contributed by atoms with Crippen molar-refractivity contribution in [1.82, 2.24) is 5.43 Å². The highest BCUT2D eigenvalue weighted by Gasteiger charge is 2.19. The molecule has 112 valence electrons. The van der Waals surface area contributed by atoms with Crippen molar-refractivity contribution in [1.29, 1.82) is 0 Å². The van der Waals surface area contributed by atoms with Gasteiger partial charge >= 0.3 is 0 Å². The second-order valence-corrected chi connectivity index (χ2v) is 5.81. The SMILES string of the molecule is CCCOc1ccccc1C(NN)c1ccc(F)cc1I. The molecule has 0 spiro atoms. The van der Waals surface area contributed by atoms with Gasteiger partial charge in [-0.05, 0) is 52.8 Å². The summed E-state index contributed by atoms with van der Waals surface area (Å²) in [5.74, 6) is 6.28. The maximum atomic E-state index is 13.3. The van der Waals surface area contributed by atoms with Crippen LogP contribution in [-0.2, 0) is 0 Å². The van der Waals surface area contributed by atoms with Crippen molar-refractivity contribution in [3.63, 3.8) is 0 Å². The molecule has 21 heavy (non-hydrogen) atoms. The molecule has 0 fully saturated rings. The summed E-state index contributed by atoms with van der Waals surface area (Å²) in [6.45, 7) is 2.71. The molecule has 2 aromatic rings. The van der Waals surface area contributed by atoms with Gasteiger partial charge in [0.05, 0.1) is 12.6 Å². The van der Waals surface area contributed by atoms with E-state index in [0.29, 0.717) is 6.61 Å². The summed E-state index contributed by atoms with van der Waals surface area (Å²) in [4.78, 5) is 0.